The first-order valence-corrected chi connectivity index (χ1v) is 9.89. The normalized spacial score (nSPS) is 23.4. The number of nitrogens with zero attached hydrogens (tertiary/aromatic N) is 2. The minimum Gasteiger partial charge on any atom is -0.469 e. The first-order chi connectivity index (χ1) is 15.0. The second kappa shape index (κ2) is 8.62. The molecule has 8 nitrogen and oxygen atoms in total. The number of halogens is 2. The van der Waals surface area contributed by atoms with Gasteiger partial charge in [0.05, 0.1) is 12.0 Å². The monoisotopic (exact) mass is 449 g/mol. The number of alkyl halides is 2. The highest BCUT2D eigenvalue weighted by atomic mass is 19.3. The van der Waals surface area contributed by atoms with Crippen molar-refractivity contribution in [1.29, 1.82) is 0 Å². The highest BCUT2D eigenvalue weighted by Crippen LogP contribution is 2.40. The number of methoxy groups -OCH3 is 1. The van der Waals surface area contributed by atoms with Gasteiger partial charge in [-0.2, -0.15) is 9.28 Å². The number of non-ortho nitro benzene ring substituents is 1. The summed E-state index contributed by atoms with van der Waals surface area (Å²) in [7, 11) is 1.21. The predicted octanol–water partition coefficient (Wildman–Crippen LogP) is 4.67. The van der Waals surface area contributed by atoms with E-state index in [1.54, 1.807) is 0 Å². The minimum absolute atomic E-state index is 0.0441. The first-order valence-electron chi connectivity index (χ1n) is 9.89. The fourth-order valence-corrected chi connectivity index (χ4v) is 4.28. The van der Waals surface area contributed by atoms with Crippen molar-refractivity contribution >= 4 is 23.4 Å². The lowest BCUT2D eigenvalue weighted by Crippen LogP contribution is -2.62. The molecular formula is C22H23F2N2O6+. The lowest BCUT2D eigenvalue weighted by Gasteiger charge is -2.42. The fourth-order valence-electron chi connectivity index (χ4n) is 4.28. The van der Waals surface area contributed by atoms with Crippen molar-refractivity contribution in [3.63, 3.8) is 0 Å². The quantitative estimate of drug-likeness (QED) is 0.308. The number of carbonyl (C=O) groups is 2. The smallest absolute Gasteiger partial charge is 0.469 e. The van der Waals surface area contributed by atoms with E-state index >= 15 is 0 Å². The Morgan fingerprint density at radius 1 is 1.12 bits per heavy atom. The number of hydrogen-bond acceptors (Lipinski definition) is 5. The predicted molar refractivity (Wildman–Crippen MR) is 112 cm³/mol. The van der Waals surface area contributed by atoms with Crippen molar-refractivity contribution in [3.8, 4) is 0 Å². The van der Waals surface area contributed by atoms with Gasteiger partial charge in [-0.15, -0.1) is 0 Å². The number of benzene rings is 2. The molecule has 1 fully saturated rings. The number of amides is 1. The molecule has 1 aliphatic rings. The maximum absolute atomic E-state index is 13.6. The molecule has 32 heavy (non-hydrogen) atoms. The van der Waals surface area contributed by atoms with Gasteiger partial charge in [0.25, 0.3) is 11.6 Å². The van der Waals surface area contributed by atoms with Crippen LogP contribution in [0.15, 0.2) is 48.5 Å². The molecule has 0 saturated carbocycles. The van der Waals surface area contributed by atoms with E-state index in [-0.39, 0.29) is 36.4 Å². The van der Waals surface area contributed by atoms with Crippen molar-refractivity contribution in [2.24, 2.45) is 5.92 Å². The fraction of sp³-hybridized carbons (Fsp3) is 0.364. The summed E-state index contributed by atoms with van der Waals surface area (Å²) in [6, 6.07) is 10.8. The van der Waals surface area contributed by atoms with Crippen molar-refractivity contribution in [2.45, 2.75) is 25.2 Å². The number of esters is 1. The number of hydrogen-bond donors (Lipinski definition) is 1. The van der Waals surface area contributed by atoms with E-state index < -0.39 is 39.2 Å². The van der Waals surface area contributed by atoms with Gasteiger partial charge in [0.15, 0.2) is 0 Å². The number of likely N-dealkylation sites (tertiary alicyclic amines) is 1. The number of piperidine rings is 1. The molecule has 0 aliphatic carbocycles. The SMILES string of the molecule is COC(=O)C1CC(c2ccc(C(C)(F)F)cc2)C[N+](C(=O)O)(c2ccc([N+](=O)[O-])cc2)C1. The number of rotatable bonds is 5. The third-order valence-corrected chi connectivity index (χ3v) is 5.98. The third kappa shape index (κ3) is 4.45. The van der Waals surface area contributed by atoms with Gasteiger partial charge < -0.3 is 9.84 Å². The molecular weight excluding hydrogens is 426 g/mol. The topological polar surface area (TPSA) is 107 Å². The van der Waals surface area contributed by atoms with Crippen LogP contribution >= 0.6 is 0 Å². The van der Waals surface area contributed by atoms with Crippen LogP contribution < -0.4 is 4.48 Å². The molecule has 3 unspecified atom stereocenters. The number of nitro groups is 1. The van der Waals surface area contributed by atoms with E-state index in [0.29, 0.717) is 5.56 Å². The third-order valence-electron chi connectivity index (χ3n) is 5.98. The van der Waals surface area contributed by atoms with Gasteiger partial charge in [0.1, 0.15) is 24.7 Å². The van der Waals surface area contributed by atoms with Crippen molar-refractivity contribution in [3.05, 3.63) is 69.8 Å². The molecule has 1 amide bonds. The Labute approximate surface area is 182 Å². The molecule has 1 N–H and O–H groups in total. The average Bonchev–Trinajstić information content (AvgIpc) is 2.77. The van der Waals surface area contributed by atoms with Gasteiger partial charge in [-0.05, 0) is 12.0 Å². The molecule has 1 aliphatic heterocycles. The number of carbonyl (C=O) groups excluding carboxylic acids is 1. The van der Waals surface area contributed by atoms with Gasteiger partial charge in [0.2, 0.25) is 0 Å². The number of carboxylic acid groups (broad SMARTS) is 1. The van der Waals surface area contributed by atoms with Gasteiger partial charge in [-0.25, -0.2) is 8.78 Å². The Morgan fingerprint density at radius 2 is 1.72 bits per heavy atom. The highest BCUT2D eigenvalue weighted by molar-refractivity contribution is 5.83. The van der Waals surface area contributed by atoms with Crippen LogP contribution in [-0.4, -0.2) is 42.3 Å². The molecule has 170 valence electrons. The highest BCUT2D eigenvalue weighted by Gasteiger charge is 2.50. The van der Waals surface area contributed by atoms with Gasteiger partial charge in [0, 0.05) is 42.7 Å². The Hall–Kier alpha value is -3.40. The first kappa shape index (κ1) is 23.3. The van der Waals surface area contributed by atoms with Crippen LogP contribution in [0.1, 0.15) is 30.4 Å². The summed E-state index contributed by atoms with van der Waals surface area (Å²) in [5.41, 5.74) is 0.540. The van der Waals surface area contributed by atoms with Crippen LogP contribution in [0.2, 0.25) is 0 Å². The molecule has 10 heteroatoms. The van der Waals surface area contributed by atoms with Gasteiger partial charge in [-0.3, -0.25) is 14.9 Å². The van der Waals surface area contributed by atoms with Crippen LogP contribution in [0.25, 0.3) is 0 Å². The van der Waals surface area contributed by atoms with E-state index in [4.69, 9.17) is 4.74 Å². The summed E-state index contributed by atoms with van der Waals surface area (Å²) in [5, 5.41) is 21.2. The molecule has 0 bridgehead atoms. The van der Waals surface area contributed by atoms with E-state index in [9.17, 15) is 33.6 Å². The summed E-state index contributed by atoms with van der Waals surface area (Å²) in [6.45, 7) is 0.737. The van der Waals surface area contributed by atoms with Crippen LogP contribution in [-0.2, 0) is 15.5 Å². The lowest BCUT2D eigenvalue weighted by atomic mass is 9.82. The van der Waals surface area contributed by atoms with E-state index in [1.807, 2.05) is 0 Å². The van der Waals surface area contributed by atoms with Crippen LogP contribution in [0.5, 0.6) is 0 Å². The number of nitro benzene ring substituents is 1. The summed E-state index contributed by atoms with van der Waals surface area (Å²) >= 11 is 0. The Morgan fingerprint density at radius 3 is 2.19 bits per heavy atom. The molecule has 0 aromatic heterocycles. The van der Waals surface area contributed by atoms with Crippen LogP contribution in [0.3, 0.4) is 0 Å². The lowest BCUT2D eigenvalue weighted by molar-refractivity contribution is -0.384. The molecule has 2 aromatic carbocycles. The maximum atomic E-state index is 13.6. The number of quaternary nitrogens is 1. The van der Waals surface area contributed by atoms with E-state index in [1.165, 1.54) is 55.6 Å². The molecule has 1 saturated heterocycles. The molecule has 3 rings (SSSR count). The zero-order chi connectivity index (χ0) is 23.7. The zero-order valence-electron chi connectivity index (χ0n) is 17.5. The van der Waals surface area contributed by atoms with E-state index in [2.05, 4.69) is 0 Å². The minimum atomic E-state index is -3.01. The standard InChI is InChI=1S/C22H22F2N2O6/c1-22(23,24)17-5-3-14(4-6-17)15-11-16(20(27)32-2)13-26(12-15,21(28)29)19-9-7-18(8-10-19)25(30)31/h3-10,15-16H,11-13H2,1-2H3/p+1. The number of ether oxygens (including phenoxy) is 1. The molecule has 3 atom stereocenters. The molecule has 0 radical (unpaired) electrons. The van der Waals surface area contributed by atoms with Crippen LogP contribution in [0.4, 0.5) is 25.0 Å². The molecule has 2 aromatic rings. The van der Waals surface area contributed by atoms with Crippen molar-refractivity contribution < 1.29 is 33.1 Å². The maximum Gasteiger partial charge on any atom is 0.518 e. The van der Waals surface area contributed by atoms with Crippen molar-refractivity contribution in [2.75, 3.05) is 20.2 Å². The van der Waals surface area contributed by atoms with Gasteiger partial charge in [-0.1, -0.05) is 24.3 Å². The van der Waals surface area contributed by atoms with E-state index in [0.717, 1.165) is 6.92 Å². The van der Waals surface area contributed by atoms with Crippen LogP contribution in [0, 0.1) is 16.0 Å². The van der Waals surface area contributed by atoms with Crippen molar-refractivity contribution in [1.82, 2.24) is 4.48 Å². The summed E-state index contributed by atoms with van der Waals surface area (Å²) in [6.07, 6.45) is -0.941. The molecule has 0 spiro atoms. The zero-order valence-corrected chi connectivity index (χ0v) is 17.5. The Bertz CT molecular complexity index is 1020. The molecule has 1 heterocycles. The summed E-state index contributed by atoms with van der Waals surface area (Å²) in [5.74, 6) is -4.80. The average molecular weight is 449 g/mol. The Kier molecular flexibility index (Phi) is 6.27. The second-order valence-corrected chi connectivity index (χ2v) is 8.05. The second-order valence-electron chi connectivity index (χ2n) is 8.05. The van der Waals surface area contributed by atoms with Gasteiger partial charge >= 0.3 is 12.1 Å². The summed E-state index contributed by atoms with van der Waals surface area (Å²) in [4.78, 5) is 35.3. The largest absolute Gasteiger partial charge is 0.518 e. The summed E-state index contributed by atoms with van der Waals surface area (Å²) < 4.78 is 31.4. The Balaban J connectivity index is 2.05.